The minimum absolute atomic E-state index is 0.605. The lowest BCUT2D eigenvalue weighted by molar-refractivity contribution is 0.962. The molecule has 4 nitrogen and oxygen atoms in total. The van der Waals surface area contributed by atoms with Crippen LogP contribution in [0.25, 0.3) is 0 Å². The second-order valence-corrected chi connectivity index (χ2v) is 5.61. The van der Waals surface area contributed by atoms with E-state index < -0.39 is 0 Å². The molecule has 2 aromatic rings. The number of nitrogens with one attached hydrogen (secondary N) is 2. The third-order valence-corrected chi connectivity index (χ3v) is 3.44. The standard InChI is InChI=1S/C15H19BrN4/c1-4-7-17-14-9-11(3)18-15(20-14)19-13-6-5-10(2)8-12(13)16/h5-6,8-9H,4,7H2,1-3H3,(H2,17,18,19,20). The van der Waals surface area contributed by atoms with Crippen LogP contribution in [0.15, 0.2) is 28.7 Å². The van der Waals surface area contributed by atoms with Crippen LogP contribution in [0.5, 0.6) is 0 Å². The summed E-state index contributed by atoms with van der Waals surface area (Å²) in [6, 6.07) is 8.09. The van der Waals surface area contributed by atoms with Crippen molar-refractivity contribution in [1.29, 1.82) is 0 Å². The van der Waals surface area contributed by atoms with Crippen LogP contribution in [0, 0.1) is 13.8 Å². The maximum atomic E-state index is 4.48. The van der Waals surface area contributed by atoms with Crippen LogP contribution in [0.4, 0.5) is 17.5 Å². The molecular weight excluding hydrogens is 316 g/mol. The van der Waals surface area contributed by atoms with Gasteiger partial charge in [0.25, 0.3) is 0 Å². The Kier molecular flexibility index (Phi) is 4.95. The molecule has 1 heterocycles. The van der Waals surface area contributed by atoms with E-state index in [2.05, 4.69) is 62.5 Å². The zero-order chi connectivity index (χ0) is 14.5. The first kappa shape index (κ1) is 14.8. The highest BCUT2D eigenvalue weighted by Gasteiger charge is 2.05. The van der Waals surface area contributed by atoms with E-state index in [9.17, 15) is 0 Å². The van der Waals surface area contributed by atoms with Crippen molar-refractivity contribution >= 4 is 33.4 Å². The topological polar surface area (TPSA) is 49.8 Å². The number of benzene rings is 1. The summed E-state index contributed by atoms with van der Waals surface area (Å²) < 4.78 is 1.01. The molecule has 0 unspecified atom stereocenters. The number of halogens is 1. The molecule has 0 radical (unpaired) electrons. The number of hydrogen-bond acceptors (Lipinski definition) is 4. The normalized spacial score (nSPS) is 10.4. The summed E-state index contributed by atoms with van der Waals surface area (Å²) in [6.45, 7) is 7.06. The molecule has 2 rings (SSSR count). The van der Waals surface area contributed by atoms with Crippen molar-refractivity contribution in [2.45, 2.75) is 27.2 Å². The molecule has 20 heavy (non-hydrogen) atoms. The molecule has 2 N–H and O–H groups in total. The molecule has 0 aliphatic carbocycles. The van der Waals surface area contributed by atoms with Gasteiger partial charge in [0.15, 0.2) is 0 Å². The van der Waals surface area contributed by atoms with Gasteiger partial charge in [-0.05, 0) is 53.9 Å². The van der Waals surface area contributed by atoms with E-state index in [4.69, 9.17) is 0 Å². The molecule has 0 spiro atoms. The molecule has 0 saturated carbocycles. The first-order valence-corrected chi connectivity index (χ1v) is 7.50. The third-order valence-electron chi connectivity index (χ3n) is 2.78. The summed E-state index contributed by atoms with van der Waals surface area (Å²) >= 11 is 3.55. The quantitative estimate of drug-likeness (QED) is 0.849. The fourth-order valence-corrected chi connectivity index (χ4v) is 2.40. The van der Waals surface area contributed by atoms with Crippen molar-refractivity contribution in [3.63, 3.8) is 0 Å². The first-order valence-electron chi connectivity index (χ1n) is 6.71. The van der Waals surface area contributed by atoms with Gasteiger partial charge in [0, 0.05) is 22.8 Å². The highest BCUT2D eigenvalue weighted by atomic mass is 79.9. The number of nitrogens with zero attached hydrogens (tertiary/aromatic N) is 2. The summed E-state index contributed by atoms with van der Waals surface area (Å²) in [4.78, 5) is 8.89. The largest absolute Gasteiger partial charge is 0.370 e. The molecule has 1 aromatic heterocycles. The Morgan fingerprint density at radius 3 is 2.65 bits per heavy atom. The van der Waals surface area contributed by atoms with Gasteiger partial charge in [-0.3, -0.25) is 0 Å². The first-order chi connectivity index (χ1) is 9.58. The minimum Gasteiger partial charge on any atom is -0.370 e. The third kappa shape index (κ3) is 3.93. The lowest BCUT2D eigenvalue weighted by Crippen LogP contribution is -2.06. The average Bonchev–Trinajstić information content (AvgIpc) is 2.39. The van der Waals surface area contributed by atoms with E-state index in [0.717, 1.165) is 34.6 Å². The fourth-order valence-electron chi connectivity index (χ4n) is 1.81. The highest BCUT2D eigenvalue weighted by Crippen LogP contribution is 2.26. The molecule has 106 valence electrons. The Morgan fingerprint density at radius 1 is 1.15 bits per heavy atom. The summed E-state index contributed by atoms with van der Waals surface area (Å²) in [5.74, 6) is 1.46. The molecule has 0 atom stereocenters. The fraction of sp³-hybridized carbons (Fsp3) is 0.333. The van der Waals surface area contributed by atoms with Crippen LogP contribution in [0.1, 0.15) is 24.6 Å². The van der Waals surface area contributed by atoms with E-state index in [0.29, 0.717) is 5.95 Å². The second kappa shape index (κ2) is 6.70. The lowest BCUT2D eigenvalue weighted by atomic mass is 10.2. The van der Waals surface area contributed by atoms with Gasteiger partial charge in [-0.2, -0.15) is 4.98 Å². The molecule has 0 fully saturated rings. The molecule has 0 aliphatic rings. The molecule has 0 aliphatic heterocycles. The SMILES string of the molecule is CCCNc1cc(C)nc(Nc2ccc(C)cc2Br)n1. The zero-order valence-electron chi connectivity index (χ0n) is 12.0. The molecule has 0 saturated heterocycles. The van der Waals surface area contributed by atoms with Gasteiger partial charge >= 0.3 is 0 Å². The maximum Gasteiger partial charge on any atom is 0.229 e. The van der Waals surface area contributed by atoms with Crippen LogP contribution < -0.4 is 10.6 Å². The van der Waals surface area contributed by atoms with Gasteiger partial charge in [-0.25, -0.2) is 4.98 Å². The molecular formula is C15H19BrN4. The van der Waals surface area contributed by atoms with Gasteiger partial charge in [-0.15, -0.1) is 0 Å². The van der Waals surface area contributed by atoms with Crippen molar-refractivity contribution in [3.05, 3.63) is 40.0 Å². The summed E-state index contributed by atoms with van der Waals surface area (Å²) in [7, 11) is 0. The van der Waals surface area contributed by atoms with Crippen LogP contribution in [0.2, 0.25) is 0 Å². The van der Waals surface area contributed by atoms with E-state index in [1.54, 1.807) is 0 Å². The predicted octanol–water partition coefficient (Wildman–Crippen LogP) is 4.42. The van der Waals surface area contributed by atoms with Gasteiger partial charge in [0.2, 0.25) is 5.95 Å². The van der Waals surface area contributed by atoms with Gasteiger partial charge in [-0.1, -0.05) is 13.0 Å². The molecule has 0 amide bonds. The van der Waals surface area contributed by atoms with Crippen LogP contribution in [0.3, 0.4) is 0 Å². The Morgan fingerprint density at radius 2 is 1.95 bits per heavy atom. The molecule has 5 heteroatoms. The van der Waals surface area contributed by atoms with E-state index >= 15 is 0 Å². The highest BCUT2D eigenvalue weighted by molar-refractivity contribution is 9.10. The van der Waals surface area contributed by atoms with E-state index in [1.807, 2.05) is 19.1 Å². The average molecular weight is 335 g/mol. The Bertz CT molecular complexity index is 598. The lowest BCUT2D eigenvalue weighted by Gasteiger charge is -2.11. The van der Waals surface area contributed by atoms with Gasteiger partial charge < -0.3 is 10.6 Å². The smallest absolute Gasteiger partial charge is 0.229 e. The number of aromatic nitrogens is 2. The van der Waals surface area contributed by atoms with Crippen LogP contribution in [-0.4, -0.2) is 16.5 Å². The molecule has 0 bridgehead atoms. The zero-order valence-corrected chi connectivity index (χ0v) is 13.6. The predicted molar refractivity (Wildman–Crippen MR) is 87.7 cm³/mol. The number of aryl methyl sites for hydroxylation is 2. The van der Waals surface area contributed by atoms with E-state index in [-0.39, 0.29) is 0 Å². The van der Waals surface area contributed by atoms with Crippen LogP contribution >= 0.6 is 15.9 Å². The second-order valence-electron chi connectivity index (χ2n) is 4.75. The Hall–Kier alpha value is -1.62. The number of rotatable bonds is 5. The maximum absolute atomic E-state index is 4.48. The summed E-state index contributed by atoms with van der Waals surface area (Å²) in [5.41, 5.74) is 3.10. The van der Waals surface area contributed by atoms with E-state index in [1.165, 1.54) is 5.56 Å². The van der Waals surface area contributed by atoms with Crippen molar-refractivity contribution in [3.8, 4) is 0 Å². The van der Waals surface area contributed by atoms with Crippen molar-refractivity contribution in [1.82, 2.24) is 9.97 Å². The monoisotopic (exact) mass is 334 g/mol. The Balaban J connectivity index is 2.21. The Labute approximate surface area is 128 Å². The van der Waals surface area contributed by atoms with Gasteiger partial charge in [0.1, 0.15) is 5.82 Å². The summed E-state index contributed by atoms with van der Waals surface area (Å²) in [5, 5.41) is 6.53. The van der Waals surface area contributed by atoms with Crippen molar-refractivity contribution in [2.24, 2.45) is 0 Å². The number of anilines is 3. The number of hydrogen-bond donors (Lipinski definition) is 2. The van der Waals surface area contributed by atoms with Gasteiger partial charge in [0.05, 0.1) is 5.69 Å². The van der Waals surface area contributed by atoms with Crippen molar-refractivity contribution in [2.75, 3.05) is 17.2 Å². The van der Waals surface area contributed by atoms with Crippen LogP contribution in [-0.2, 0) is 0 Å². The van der Waals surface area contributed by atoms with Crippen molar-refractivity contribution < 1.29 is 0 Å². The molecule has 1 aromatic carbocycles. The summed E-state index contributed by atoms with van der Waals surface area (Å²) in [6.07, 6.45) is 1.06. The minimum atomic E-state index is 0.605.